The predicted molar refractivity (Wildman–Crippen MR) is 121 cm³/mol. The van der Waals surface area contributed by atoms with Gasteiger partial charge < -0.3 is 25.7 Å². The van der Waals surface area contributed by atoms with Gasteiger partial charge in [0, 0.05) is 28.4 Å². The van der Waals surface area contributed by atoms with Crippen LogP contribution >= 0.6 is 34.9 Å². The Morgan fingerprint density at radius 1 is 1.53 bits per heavy atom. The Morgan fingerprint density at radius 2 is 2.34 bits per heavy atom. The van der Waals surface area contributed by atoms with Gasteiger partial charge in [0.2, 0.25) is 0 Å². The molecule has 3 aliphatic rings. The minimum absolute atomic E-state index is 0.0229. The second-order valence-electron chi connectivity index (χ2n) is 7.08. The van der Waals surface area contributed by atoms with Crippen LogP contribution in [-0.2, 0) is 24.0 Å². The van der Waals surface area contributed by atoms with Gasteiger partial charge in [-0.1, -0.05) is 5.16 Å². The summed E-state index contributed by atoms with van der Waals surface area (Å²) in [6.45, 7) is 0.723. The van der Waals surface area contributed by atoms with E-state index in [-0.39, 0.29) is 28.3 Å². The molecule has 3 atom stereocenters. The smallest absolute Gasteiger partial charge is 0.353 e. The number of hydrogen-bond donors (Lipinski definition) is 3. The number of aromatic nitrogens is 1. The summed E-state index contributed by atoms with van der Waals surface area (Å²) in [7, 11) is 1.29. The topological polar surface area (TPSA) is 156 Å². The third kappa shape index (κ3) is 4.44. The number of oxime groups is 1. The summed E-state index contributed by atoms with van der Waals surface area (Å²) in [6.07, 6.45) is 2.05. The molecule has 0 radical (unpaired) electrons. The van der Waals surface area contributed by atoms with Crippen molar-refractivity contribution in [2.75, 3.05) is 31.0 Å². The van der Waals surface area contributed by atoms with E-state index in [1.807, 2.05) is 0 Å². The number of β-lactam (4-membered cyclic amide) rings is 1. The molecule has 2 saturated heterocycles. The number of nitrogen functional groups attached to an aromatic ring is 1. The number of carboxylic acid groups (broad SMARTS) is 1. The Kier molecular flexibility index (Phi) is 6.93. The number of rotatable bonds is 8. The van der Waals surface area contributed by atoms with Crippen LogP contribution in [0.2, 0.25) is 0 Å². The number of aliphatic carboxylic acids is 1. The van der Waals surface area contributed by atoms with Gasteiger partial charge in [-0.25, -0.2) is 9.78 Å². The third-order valence-electron chi connectivity index (χ3n) is 5.05. The number of anilines is 1. The van der Waals surface area contributed by atoms with Gasteiger partial charge in [0.25, 0.3) is 11.8 Å². The van der Waals surface area contributed by atoms with Crippen LogP contribution in [-0.4, -0.2) is 81.2 Å². The van der Waals surface area contributed by atoms with Gasteiger partial charge in [0.1, 0.15) is 29.9 Å². The fourth-order valence-electron chi connectivity index (χ4n) is 3.57. The highest BCUT2D eigenvalue weighted by molar-refractivity contribution is 8.06. The number of carbonyl (C=O) groups is 3. The van der Waals surface area contributed by atoms with Gasteiger partial charge >= 0.3 is 5.97 Å². The van der Waals surface area contributed by atoms with Gasteiger partial charge in [-0.2, -0.15) is 0 Å². The molecule has 4 N–H and O–H groups in total. The fraction of sp³-hybridized carbons (Fsp3) is 0.500. The van der Waals surface area contributed by atoms with E-state index in [1.54, 1.807) is 5.38 Å². The van der Waals surface area contributed by atoms with E-state index in [9.17, 15) is 19.5 Å². The number of thioether (sulfide) groups is 2. The lowest BCUT2D eigenvalue weighted by Crippen LogP contribution is -2.71. The predicted octanol–water partition coefficient (Wildman–Crippen LogP) is 0.684. The van der Waals surface area contributed by atoms with Crippen molar-refractivity contribution in [3.05, 3.63) is 21.7 Å². The summed E-state index contributed by atoms with van der Waals surface area (Å²) in [5, 5.41) is 17.4. The largest absolute Gasteiger partial charge is 0.477 e. The SMILES string of the molecule is CO/N=C(\C(=O)NC1C(=O)N2C(C(=O)O)=C(SCC3CCCO3)CS[C@@H]12)c1csc(N)n1. The minimum atomic E-state index is -1.16. The summed E-state index contributed by atoms with van der Waals surface area (Å²) in [4.78, 5) is 48.2. The van der Waals surface area contributed by atoms with Crippen LogP contribution in [0.1, 0.15) is 18.5 Å². The number of carbonyl (C=O) groups excluding carboxylic acids is 2. The van der Waals surface area contributed by atoms with E-state index in [0.29, 0.717) is 16.4 Å². The zero-order valence-electron chi connectivity index (χ0n) is 17.0. The highest BCUT2D eigenvalue weighted by atomic mass is 32.2. The molecule has 2 fully saturated rings. The molecule has 11 nitrogen and oxygen atoms in total. The minimum Gasteiger partial charge on any atom is -0.477 e. The van der Waals surface area contributed by atoms with E-state index in [2.05, 4.69) is 15.5 Å². The molecule has 4 rings (SSSR count). The average molecular weight is 500 g/mol. The Balaban J connectivity index is 1.46. The monoisotopic (exact) mass is 499 g/mol. The van der Waals surface area contributed by atoms with Crippen LogP contribution in [0.4, 0.5) is 5.13 Å². The van der Waals surface area contributed by atoms with Crippen molar-refractivity contribution in [1.82, 2.24) is 15.2 Å². The molecule has 0 saturated carbocycles. The maximum Gasteiger partial charge on any atom is 0.353 e. The van der Waals surface area contributed by atoms with Crippen molar-refractivity contribution < 1.29 is 29.1 Å². The summed E-state index contributed by atoms with van der Waals surface area (Å²) >= 11 is 3.96. The number of thiazole rings is 1. The van der Waals surface area contributed by atoms with Crippen molar-refractivity contribution in [3.8, 4) is 0 Å². The van der Waals surface area contributed by atoms with Crippen molar-refractivity contribution in [1.29, 1.82) is 0 Å². The summed E-state index contributed by atoms with van der Waals surface area (Å²) in [5.74, 6) is -1.23. The lowest BCUT2D eigenvalue weighted by molar-refractivity contribution is -0.150. The fourth-order valence-corrected chi connectivity index (χ4v) is 6.82. The second-order valence-corrected chi connectivity index (χ2v) is 10.2. The quantitative estimate of drug-likeness (QED) is 0.264. The number of amides is 2. The van der Waals surface area contributed by atoms with E-state index < -0.39 is 29.2 Å². The first-order valence-corrected chi connectivity index (χ1v) is 12.6. The zero-order chi connectivity index (χ0) is 22.8. The molecule has 1 aromatic heterocycles. The zero-order valence-corrected chi connectivity index (χ0v) is 19.4. The molecule has 14 heteroatoms. The summed E-state index contributed by atoms with van der Waals surface area (Å²) in [6, 6.07) is -0.885. The van der Waals surface area contributed by atoms with E-state index in [4.69, 9.17) is 15.3 Å². The standard InChI is InChI=1S/C18H21N5O6S3/c1-28-22-11(9-6-32-18(19)20-9)14(24)21-12-15(25)23-13(17(26)27)10(7-31-16(12)23)30-5-8-3-2-4-29-8/h6,8,12,16H,2-5,7H2,1H3,(H2,19,20)(H,21,24)(H,26,27)/b22-11-/t8?,12?,16-/m0/s1. The lowest BCUT2D eigenvalue weighted by atomic mass is 10.0. The number of ether oxygens (including phenoxy) is 1. The van der Waals surface area contributed by atoms with Gasteiger partial charge in [0.15, 0.2) is 10.8 Å². The maximum atomic E-state index is 12.8. The van der Waals surface area contributed by atoms with E-state index in [0.717, 1.165) is 30.8 Å². The van der Waals surface area contributed by atoms with Gasteiger partial charge in [0.05, 0.1) is 6.10 Å². The molecule has 4 heterocycles. The number of nitrogens with one attached hydrogen (secondary N) is 1. The Morgan fingerprint density at radius 3 is 2.97 bits per heavy atom. The number of nitrogens with two attached hydrogens (primary N) is 1. The molecule has 172 valence electrons. The summed E-state index contributed by atoms with van der Waals surface area (Å²) < 4.78 is 5.60. The highest BCUT2D eigenvalue weighted by Gasteiger charge is 2.54. The average Bonchev–Trinajstić information content (AvgIpc) is 3.45. The number of fused-ring (bicyclic) bond motifs is 1. The van der Waals surface area contributed by atoms with Crippen LogP contribution in [0.15, 0.2) is 21.1 Å². The summed E-state index contributed by atoms with van der Waals surface area (Å²) in [5.41, 5.74) is 5.72. The van der Waals surface area contributed by atoms with Crippen molar-refractivity contribution >= 4 is 63.5 Å². The third-order valence-corrected chi connectivity index (χ3v) is 8.41. The number of nitrogens with zero attached hydrogens (tertiary/aromatic N) is 3. The molecule has 2 amide bonds. The molecule has 3 aliphatic heterocycles. The van der Waals surface area contributed by atoms with Gasteiger partial charge in [-0.15, -0.1) is 34.9 Å². The van der Waals surface area contributed by atoms with Crippen LogP contribution in [0.25, 0.3) is 0 Å². The molecule has 1 aromatic rings. The number of carboxylic acids is 1. The second kappa shape index (κ2) is 9.68. The molecular formula is C18H21N5O6S3. The molecular weight excluding hydrogens is 478 g/mol. The lowest BCUT2D eigenvalue weighted by Gasteiger charge is -2.49. The van der Waals surface area contributed by atoms with Crippen molar-refractivity contribution in [2.45, 2.75) is 30.4 Å². The molecule has 2 unspecified atom stereocenters. The maximum absolute atomic E-state index is 12.8. The van der Waals surface area contributed by atoms with Crippen LogP contribution in [0.3, 0.4) is 0 Å². The first-order valence-electron chi connectivity index (χ1n) is 9.69. The van der Waals surface area contributed by atoms with Crippen molar-refractivity contribution in [2.24, 2.45) is 5.16 Å². The normalized spacial score (nSPS) is 25.4. The first kappa shape index (κ1) is 22.9. The van der Waals surface area contributed by atoms with Crippen LogP contribution < -0.4 is 11.1 Å². The van der Waals surface area contributed by atoms with E-state index >= 15 is 0 Å². The van der Waals surface area contributed by atoms with Crippen LogP contribution in [0.5, 0.6) is 0 Å². The molecule has 0 spiro atoms. The molecule has 32 heavy (non-hydrogen) atoms. The van der Waals surface area contributed by atoms with E-state index in [1.165, 1.54) is 35.5 Å². The molecule has 0 bridgehead atoms. The molecule has 0 aliphatic carbocycles. The Bertz CT molecular complexity index is 990. The number of hydrogen-bond acceptors (Lipinski definition) is 11. The van der Waals surface area contributed by atoms with Crippen LogP contribution in [0, 0.1) is 0 Å². The van der Waals surface area contributed by atoms with Gasteiger partial charge in [-0.05, 0) is 12.8 Å². The Labute approximate surface area is 195 Å². The van der Waals surface area contributed by atoms with Gasteiger partial charge in [-0.3, -0.25) is 14.5 Å². The highest BCUT2D eigenvalue weighted by Crippen LogP contribution is 2.43. The van der Waals surface area contributed by atoms with Crippen molar-refractivity contribution in [3.63, 3.8) is 0 Å². The Hall–Kier alpha value is -2.29. The molecule has 0 aromatic carbocycles. The first-order chi connectivity index (χ1) is 15.4.